The van der Waals surface area contributed by atoms with Gasteiger partial charge in [0.15, 0.2) is 0 Å². The molecule has 0 aliphatic heterocycles. The van der Waals surface area contributed by atoms with Gasteiger partial charge in [0.1, 0.15) is 5.82 Å². The summed E-state index contributed by atoms with van der Waals surface area (Å²) in [5, 5.41) is 5.00. The van der Waals surface area contributed by atoms with Crippen molar-refractivity contribution in [2.24, 2.45) is 0 Å². The predicted octanol–water partition coefficient (Wildman–Crippen LogP) is 10.2. The highest BCUT2D eigenvalue weighted by Gasteiger charge is 2.18. The monoisotopic (exact) mass is 541 g/mol. The molecule has 0 aliphatic carbocycles. The first-order valence-electron chi connectivity index (χ1n) is 14.6. The van der Waals surface area contributed by atoms with E-state index >= 15 is 0 Å². The second kappa shape index (κ2) is 9.19. The van der Waals surface area contributed by atoms with Crippen LogP contribution in [0.4, 0.5) is 0 Å². The molecule has 3 nitrogen and oxygen atoms in total. The zero-order valence-electron chi connectivity index (χ0n) is 24.0. The highest BCUT2D eigenvalue weighted by molar-refractivity contribution is 6.12. The van der Waals surface area contributed by atoms with Crippen molar-refractivity contribution in [2.75, 3.05) is 0 Å². The van der Waals surface area contributed by atoms with E-state index in [0.717, 1.165) is 5.82 Å². The topological polar surface area (TPSA) is 22.8 Å². The van der Waals surface area contributed by atoms with Gasteiger partial charge in [-0.05, 0) is 82.8 Å². The molecule has 0 atom stereocenters. The van der Waals surface area contributed by atoms with Gasteiger partial charge in [-0.2, -0.15) is 0 Å². The van der Waals surface area contributed by atoms with Gasteiger partial charge >= 0.3 is 0 Å². The Labute approximate surface area is 245 Å². The van der Waals surface area contributed by atoms with Gasteiger partial charge in [0.05, 0.1) is 22.1 Å². The first kappa shape index (κ1) is 24.6. The van der Waals surface area contributed by atoms with Gasteiger partial charge in [0.25, 0.3) is 0 Å². The van der Waals surface area contributed by atoms with Crippen LogP contribution in [0, 0.1) is 0 Å². The lowest BCUT2D eigenvalue weighted by Gasteiger charge is -2.20. The third kappa shape index (κ3) is 3.77. The van der Waals surface area contributed by atoms with Gasteiger partial charge in [-0.25, -0.2) is 4.98 Å². The molecule has 0 unspecified atom stereocenters. The Morgan fingerprint density at radius 3 is 1.62 bits per heavy atom. The molecule has 0 fully saturated rings. The number of rotatable bonds is 3. The second-order valence-electron chi connectivity index (χ2n) is 12.2. The van der Waals surface area contributed by atoms with E-state index < -0.39 is 0 Å². The van der Waals surface area contributed by atoms with E-state index in [-0.39, 0.29) is 5.41 Å². The molecule has 5 aromatic carbocycles. The van der Waals surface area contributed by atoms with Gasteiger partial charge < -0.3 is 4.57 Å². The van der Waals surface area contributed by atoms with Crippen LogP contribution in [-0.2, 0) is 5.41 Å². The fraction of sp³-hybridized carbons (Fsp3) is 0.103. The Kier molecular flexibility index (Phi) is 5.39. The molecule has 0 bridgehead atoms. The number of nitrogens with zero attached hydrogens (tertiary/aromatic N) is 3. The van der Waals surface area contributed by atoms with Crippen molar-refractivity contribution in [3.8, 4) is 22.6 Å². The summed E-state index contributed by atoms with van der Waals surface area (Å²) in [6.07, 6.45) is 1.94. The lowest BCUT2D eigenvalue weighted by Crippen LogP contribution is -2.12. The number of para-hydroxylation sites is 3. The summed E-state index contributed by atoms with van der Waals surface area (Å²) in [5.74, 6) is 0.955. The first-order valence-corrected chi connectivity index (χ1v) is 14.6. The smallest absolute Gasteiger partial charge is 0.137 e. The van der Waals surface area contributed by atoms with Crippen molar-refractivity contribution in [1.82, 2.24) is 14.1 Å². The molecule has 8 aromatic rings. The van der Waals surface area contributed by atoms with Crippen molar-refractivity contribution in [3.05, 3.63) is 139 Å². The molecule has 3 aromatic heterocycles. The molecule has 0 saturated carbocycles. The highest BCUT2D eigenvalue weighted by atomic mass is 15.1. The first-order chi connectivity index (χ1) is 20.5. The number of hydrogen-bond donors (Lipinski definition) is 0. The number of aromatic nitrogens is 3. The summed E-state index contributed by atoms with van der Waals surface area (Å²) in [4.78, 5) is 4.83. The van der Waals surface area contributed by atoms with Crippen molar-refractivity contribution >= 4 is 43.6 Å². The molecule has 0 N–H and O–H groups in total. The number of pyridine rings is 1. The maximum Gasteiger partial charge on any atom is 0.137 e. The van der Waals surface area contributed by atoms with E-state index in [4.69, 9.17) is 4.98 Å². The third-order valence-corrected chi connectivity index (χ3v) is 8.53. The molecule has 0 saturated heterocycles. The molecular formula is C39H31N3. The van der Waals surface area contributed by atoms with Gasteiger partial charge in [-0.1, -0.05) is 87.5 Å². The molecule has 42 heavy (non-hydrogen) atoms. The quantitative estimate of drug-likeness (QED) is 0.218. The van der Waals surface area contributed by atoms with Crippen LogP contribution in [0.5, 0.6) is 0 Å². The zero-order chi connectivity index (χ0) is 28.4. The predicted molar refractivity (Wildman–Crippen MR) is 177 cm³/mol. The molecular weight excluding hydrogens is 510 g/mol. The summed E-state index contributed by atoms with van der Waals surface area (Å²) < 4.78 is 4.67. The lowest BCUT2D eigenvalue weighted by molar-refractivity contribution is 0.588. The van der Waals surface area contributed by atoms with Crippen molar-refractivity contribution in [2.45, 2.75) is 26.2 Å². The maximum atomic E-state index is 4.83. The van der Waals surface area contributed by atoms with Gasteiger partial charge in [0.2, 0.25) is 0 Å². The average Bonchev–Trinajstić information content (AvgIpc) is 3.53. The average molecular weight is 542 g/mol. The van der Waals surface area contributed by atoms with Crippen LogP contribution in [-0.4, -0.2) is 14.1 Å². The Bertz CT molecular complexity index is 2280. The van der Waals surface area contributed by atoms with Crippen molar-refractivity contribution < 1.29 is 0 Å². The van der Waals surface area contributed by atoms with Gasteiger partial charge in [-0.15, -0.1) is 0 Å². The van der Waals surface area contributed by atoms with Crippen LogP contribution in [0.1, 0.15) is 26.3 Å². The SMILES string of the molecule is CC(C)(C)c1ccnc(-n2c3ccccc3c3cc(-c4ccc5c(c4)c4ccccc4n5-c4ccccc4)ccc32)c1. The standard InChI is InChI=1S/C39H31N3/c1-39(2,3)28-21-22-40-38(25-28)42-35-16-10-8-14-31(35)33-24-27(18-20-37(33)42)26-17-19-36-32(23-26)30-13-7-9-15-34(30)41(36)29-11-5-4-6-12-29/h4-25H,1-3H3. The minimum Gasteiger partial charge on any atom is -0.309 e. The highest BCUT2D eigenvalue weighted by Crippen LogP contribution is 2.38. The fourth-order valence-electron chi connectivity index (χ4n) is 6.41. The lowest BCUT2D eigenvalue weighted by atomic mass is 9.88. The molecule has 202 valence electrons. The van der Waals surface area contributed by atoms with Gasteiger partial charge in [0, 0.05) is 33.4 Å². The Hall–Kier alpha value is -5.15. The molecule has 3 heteroatoms. The fourth-order valence-corrected chi connectivity index (χ4v) is 6.41. The van der Waals surface area contributed by atoms with E-state index in [2.05, 4.69) is 157 Å². The Morgan fingerprint density at radius 1 is 0.476 bits per heavy atom. The Balaban J connectivity index is 1.33. The van der Waals surface area contributed by atoms with E-state index in [1.54, 1.807) is 0 Å². The van der Waals surface area contributed by atoms with E-state index in [1.807, 2.05) is 6.20 Å². The minimum atomic E-state index is 0.0475. The molecule has 0 aliphatic rings. The van der Waals surface area contributed by atoms with E-state index in [1.165, 1.54) is 66.0 Å². The zero-order valence-corrected chi connectivity index (χ0v) is 24.0. The summed E-state index contributed by atoms with van der Waals surface area (Å²) in [7, 11) is 0. The molecule has 8 rings (SSSR count). The van der Waals surface area contributed by atoms with Crippen LogP contribution >= 0.6 is 0 Å². The Morgan fingerprint density at radius 2 is 1.00 bits per heavy atom. The summed E-state index contributed by atoms with van der Waals surface area (Å²) in [6, 6.07) is 46.1. The van der Waals surface area contributed by atoms with Crippen LogP contribution in [0.3, 0.4) is 0 Å². The summed E-state index contributed by atoms with van der Waals surface area (Å²) >= 11 is 0. The molecule has 0 amide bonds. The van der Waals surface area contributed by atoms with Crippen molar-refractivity contribution in [3.63, 3.8) is 0 Å². The number of fused-ring (bicyclic) bond motifs is 6. The largest absolute Gasteiger partial charge is 0.309 e. The molecule has 3 heterocycles. The second-order valence-corrected chi connectivity index (χ2v) is 12.2. The van der Waals surface area contributed by atoms with Crippen LogP contribution in [0.2, 0.25) is 0 Å². The van der Waals surface area contributed by atoms with Gasteiger partial charge in [-0.3, -0.25) is 4.57 Å². The van der Waals surface area contributed by atoms with Crippen LogP contribution in [0.15, 0.2) is 134 Å². The minimum absolute atomic E-state index is 0.0475. The number of benzene rings is 5. The molecule has 0 radical (unpaired) electrons. The summed E-state index contributed by atoms with van der Waals surface area (Å²) in [6.45, 7) is 6.75. The maximum absolute atomic E-state index is 4.83. The summed E-state index contributed by atoms with van der Waals surface area (Å²) in [5.41, 5.74) is 9.70. The third-order valence-electron chi connectivity index (χ3n) is 8.53. The van der Waals surface area contributed by atoms with E-state index in [9.17, 15) is 0 Å². The van der Waals surface area contributed by atoms with E-state index in [0.29, 0.717) is 0 Å². The van der Waals surface area contributed by atoms with Crippen LogP contribution < -0.4 is 0 Å². The van der Waals surface area contributed by atoms with Crippen LogP contribution in [0.25, 0.3) is 66.2 Å². The molecule has 0 spiro atoms. The normalized spacial score (nSPS) is 12.2. The van der Waals surface area contributed by atoms with Crippen molar-refractivity contribution in [1.29, 1.82) is 0 Å². The number of hydrogen-bond acceptors (Lipinski definition) is 1.